The van der Waals surface area contributed by atoms with E-state index in [9.17, 15) is 18.0 Å². The van der Waals surface area contributed by atoms with Crippen molar-refractivity contribution in [2.45, 2.75) is 26.3 Å². The van der Waals surface area contributed by atoms with E-state index in [4.69, 9.17) is 4.74 Å². The second-order valence-corrected chi connectivity index (χ2v) is 7.53. The molecule has 0 bridgehead atoms. The summed E-state index contributed by atoms with van der Waals surface area (Å²) in [6, 6.07) is 13.9. The number of halogens is 3. The third-order valence-corrected chi connectivity index (χ3v) is 5.10. The third kappa shape index (κ3) is 5.43. The van der Waals surface area contributed by atoms with Gasteiger partial charge in [-0.2, -0.15) is 5.10 Å². The number of carbonyl (C=O) groups excluding carboxylic acids is 1. The van der Waals surface area contributed by atoms with E-state index in [1.54, 1.807) is 25.3 Å². The van der Waals surface area contributed by atoms with Crippen LogP contribution >= 0.6 is 0 Å². The number of carbonyl (C=O) groups is 1. The Labute approximate surface area is 194 Å². The molecule has 6 nitrogen and oxygen atoms in total. The molecule has 2 heterocycles. The zero-order chi connectivity index (χ0) is 24.1. The number of benzene rings is 2. The number of rotatable bonds is 8. The van der Waals surface area contributed by atoms with Crippen LogP contribution in [-0.4, -0.2) is 20.7 Å². The van der Waals surface area contributed by atoms with E-state index < -0.39 is 17.5 Å². The molecule has 0 fully saturated rings. The highest BCUT2D eigenvalue weighted by molar-refractivity contribution is 5.76. The van der Waals surface area contributed by atoms with Gasteiger partial charge in [0.25, 0.3) is 0 Å². The minimum Gasteiger partial charge on any atom is -0.436 e. The number of aryl methyl sites for hydroxylation is 1. The van der Waals surface area contributed by atoms with E-state index in [-0.39, 0.29) is 36.9 Å². The van der Waals surface area contributed by atoms with Gasteiger partial charge in [-0.1, -0.05) is 6.07 Å². The van der Waals surface area contributed by atoms with Gasteiger partial charge in [0.1, 0.15) is 11.6 Å². The molecule has 1 N–H and O–H groups in total. The lowest BCUT2D eigenvalue weighted by Crippen LogP contribution is -2.23. The van der Waals surface area contributed by atoms with Crippen LogP contribution in [0.25, 0.3) is 5.69 Å². The summed E-state index contributed by atoms with van der Waals surface area (Å²) >= 11 is 0. The highest BCUT2D eigenvalue weighted by Crippen LogP contribution is 2.33. The highest BCUT2D eigenvalue weighted by atomic mass is 19.1. The maximum absolute atomic E-state index is 14.3. The molecule has 1 amide bonds. The summed E-state index contributed by atoms with van der Waals surface area (Å²) in [7, 11) is 0. The van der Waals surface area contributed by atoms with E-state index in [0.717, 1.165) is 11.8 Å². The van der Waals surface area contributed by atoms with Crippen molar-refractivity contribution >= 4 is 5.91 Å². The van der Waals surface area contributed by atoms with Crippen molar-refractivity contribution in [1.29, 1.82) is 0 Å². The number of hydrogen-bond donors (Lipinski definition) is 1. The first kappa shape index (κ1) is 23.0. The van der Waals surface area contributed by atoms with Gasteiger partial charge >= 0.3 is 0 Å². The highest BCUT2D eigenvalue weighted by Gasteiger charge is 2.21. The molecule has 174 valence electrons. The second-order valence-electron chi connectivity index (χ2n) is 7.53. The number of nitrogens with one attached hydrogen (secondary N) is 1. The Morgan fingerprint density at radius 1 is 1.03 bits per heavy atom. The van der Waals surface area contributed by atoms with Crippen LogP contribution in [0, 0.1) is 24.4 Å². The quantitative estimate of drug-likeness (QED) is 0.395. The Kier molecular flexibility index (Phi) is 6.91. The average molecular weight is 466 g/mol. The zero-order valence-electron chi connectivity index (χ0n) is 18.3. The van der Waals surface area contributed by atoms with Crippen molar-refractivity contribution in [3.63, 3.8) is 0 Å². The molecule has 0 radical (unpaired) electrons. The van der Waals surface area contributed by atoms with Crippen LogP contribution in [0.5, 0.6) is 11.6 Å². The molecule has 2 aromatic carbocycles. The summed E-state index contributed by atoms with van der Waals surface area (Å²) in [5, 5.41) is 7.26. The topological polar surface area (TPSA) is 69.0 Å². The van der Waals surface area contributed by atoms with E-state index in [2.05, 4.69) is 15.4 Å². The molecular weight excluding hydrogens is 445 g/mol. The number of ether oxygens (including phenoxy) is 1. The molecule has 0 spiro atoms. The Morgan fingerprint density at radius 3 is 2.50 bits per heavy atom. The van der Waals surface area contributed by atoms with Crippen LogP contribution in [0.4, 0.5) is 13.2 Å². The van der Waals surface area contributed by atoms with Crippen LogP contribution in [-0.2, 0) is 17.8 Å². The number of aromatic nitrogens is 3. The first-order chi connectivity index (χ1) is 16.4. The molecule has 4 rings (SSSR count). The van der Waals surface area contributed by atoms with Crippen molar-refractivity contribution in [2.24, 2.45) is 0 Å². The molecule has 4 aromatic rings. The summed E-state index contributed by atoms with van der Waals surface area (Å²) in [5.74, 6) is -2.30. The molecule has 9 heteroatoms. The maximum Gasteiger partial charge on any atom is 0.226 e. The Bertz CT molecular complexity index is 1290. The number of nitrogens with zero attached hydrogens (tertiary/aromatic N) is 3. The van der Waals surface area contributed by atoms with Gasteiger partial charge in [0.2, 0.25) is 11.8 Å². The Balaban J connectivity index is 1.59. The lowest BCUT2D eigenvalue weighted by molar-refractivity contribution is -0.121. The van der Waals surface area contributed by atoms with Gasteiger partial charge in [-0.3, -0.25) is 9.78 Å². The van der Waals surface area contributed by atoms with Gasteiger partial charge in [-0.25, -0.2) is 17.9 Å². The molecular formula is C25H21F3N4O2. The molecule has 0 aliphatic heterocycles. The SMILES string of the molecule is Cc1nn(-c2ccc(F)cc2)c(Oc2ccc(F)cc2F)c1CCC(=O)NCc1ccccn1. The van der Waals surface area contributed by atoms with Crippen LogP contribution in [0.2, 0.25) is 0 Å². The van der Waals surface area contributed by atoms with Crippen molar-refractivity contribution in [3.05, 3.63) is 101 Å². The van der Waals surface area contributed by atoms with Gasteiger partial charge in [0.05, 0.1) is 23.6 Å². The van der Waals surface area contributed by atoms with Crippen molar-refractivity contribution in [2.75, 3.05) is 0 Å². The lowest BCUT2D eigenvalue weighted by Gasteiger charge is -2.12. The lowest BCUT2D eigenvalue weighted by atomic mass is 10.1. The number of hydrogen-bond acceptors (Lipinski definition) is 4. The van der Waals surface area contributed by atoms with Crippen LogP contribution < -0.4 is 10.1 Å². The van der Waals surface area contributed by atoms with Crippen molar-refractivity contribution in [1.82, 2.24) is 20.1 Å². The average Bonchev–Trinajstić information content (AvgIpc) is 3.14. The monoisotopic (exact) mass is 466 g/mol. The van der Waals surface area contributed by atoms with E-state index >= 15 is 0 Å². The minimum atomic E-state index is -0.886. The smallest absolute Gasteiger partial charge is 0.226 e. The molecule has 0 aliphatic rings. The standard InChI is InChI=1S/C25H21F3N4O2/c1-16-21(10-12-24(33)30-15-19-4-2-3-13-29-19)25(34-23-11-7-18(27)14-22(23)28)32(31-16)20-8-5-17(26)6-9-20/h2-9,11,13-14H,10,12,15H2,1H3,(H,30,33). The van der Waals surface area contributed by atoms with E-state index in [0.29, 0.717) is 23.0 Å². The molecule has 0 saturated heterocycles. The van der Waals surface area contributed by atoms with Gasteiger partial charge in [-0.15, -0.1) is 0 Å². The summed E-state index contributed by atoms with van der Waals surface area (Å²) in [6.45, 7) is 2.02. The Morgan fingerprint density at radius 2 is 1.79 bits per heavy atom. The van der Waals surface area contributed by atoms with Gasteiger partial charge < -0.3 is 10.1 Å². The summed E-state index contributed by atoms with van der Waals surface area (Å²) in [5.41, 5.74) is 2.33. The largest absolute Gasteiger partial charge is 0.436 e. The van der Waals surface area contributed by atoms with E-state index in [1.807, 2.05) is 6.07 Å². The number of amides is 1. The second kappa shape index (κ2) is 10.2. The van der Waals surface area contributed by atoms with Gasteiger partial charge in [0.15, 0.2) is 11.6 Å². The molecule has 0 atom stereocenters. The fraction of sp³-hybridized carbons (Fsp3) is 0.160. The third-order valence-electron chi connectivity index (χ3n) is 5.10. The summed E-state index contributed by atoms with van der Waals surface area (Å²) < 4.78 is 48.3. The fourth-order valence-corrected chi connectivity index (χ4v) is 3.37. The summed E-state index contributed by atoms with van der Waals surface area (Å²) in [6.07, 6.45) is 2.01. The molecule has 0 saturated carbocycles. The first-order valence-electron chi connectivity index (χ1n) is 10.5. The molecule has 34 heavy (non-hydrogen) atoms. The van der Waals surface area contributed by atoms with Crippen LogP contribution in [0.15, 0.2) is 66.9 Å². The Hall–Kier alpha value is -4.14. The van der Waals surface area contributed by atoms with Crippen molar-refractivity contribution < 1.29 is 22.7 Å². The minimum absolute atomic E-state index is 0.116. The maximum atomic E-state index is 14.3. The summed E-state index contributed by atoms with van der Waals surface area (Å²) in [4.78, 5) is 16.6. The molecule has 2 aromatic heterocycles. The predicted octanol–water partition coefficient (Wildman–Crippen LogP) is 5.03. The van der Waals surface area contributed by atoms with Crippen molar-refractivity contribution in [3.8, 4) is 17.3 Å². The molecule has 0 aliphatic carbocycles. The van der Waals surface area contributed by atoms with Crippen LogP contribution in [0.3, 0.4) is 0 Å². The molecule has 0 unspecified atom stereocenters. The number of pyridine rings is 1. The zero-order valence-corrected chi connectivity index (χ0v) is 18.3. The first-order valence-corrected chi connectivity index (χ1v) is 10.5. The van der Waals surface area contributed by atoms with Gasteiger partial charge in [-0.05, 0) is 61.9 Å². The van der Waals surface area contributed by atoms with E-state index in [1.165, 1.54) is 35.0 Å². The normalized spacial score (nSPS) is 10.8. The predicted molar refractivity (Wildman–Crippen MR) is 119 cm³/mol. The van der Waals surface area contributed by atoms with Crippen LogP contribution in [0.1, 0.15) is 23.4 Å². The fourth-order valence-electron chi connectivity index (χ4n) is 3.37. The van der Waals surface area contributed by atoms with Gasteiger partial charge in [0, 0.05) is 24.2 Å².